The monoisotopic (exact) mass is 510 g/mol. The number of hydrogen-bond acceptors (Lipinski definition) is 9. The second kappa shape index (κ2) is 9.91. The van der Waals surface area contributed by atoms with Crippen molar-refractivity contribution in [2.75, 3.05) is 11.1 Å². The molecule has 0 spiro atoms. The van der Waals surface area contributed by atoms with Crippen molar-refractivity contribution >= 4 is 27.0 Å². The van der Waals surface area contributed by atoms with Crippen LogP contribution >= 0.6 is 0 Å². The van der Waals surface area contributed by atoms with E-state index in [2.05, 4.69) is 20.3 Å². The molecule has 188 valence electrons. The number of aliphatic hydroxyl groups is 2. The van der Waals surface area contributed by atoms with Crippen molar-refractivity contribution in [2.24, 2.45) is 5.14 Å². The molecular weight excluding hydrogens is 484 g/mol. The minimum atomic E-state index is -3.74. The van der Waals surface area contributed by atoms with Gasteiger partial charge in [-0.1, -0.05) is 60.7 Å². The molecular formula is C24H26N6O5S. The Balaban J connectivity index is 1.46. The van der Waals surface area contributed by atoms with Crippen molar-refractivity contribution in [3.8, 4) is 0 Å². The summed E-state index contributed by atoms with van der Waals surface area (Å²) in [7, 11) is -3.74. The summed E-state index contributed by atoms with van der Waals surface area (Å²) in [5, 5.41) is 29.6. The molecule has 4 atom stereocenters. The minimum absolute atomic E-state index is 0.0577. The van der Waals surface area contributed by atoms with Crippen molar-refractivity contribution in [1.29, 1.82) is 0 Å². The zero-order valence-electron chi connectivity index (χ0n) is 19.1. The molecule has 0 amide bonds. The minimum Gasteiger partial charge on any atom is -0.388 e. The van der Waals surface area contributed by atoms with E-state index in [-0.39, 0.29) is 18.2 Å². The Morgan fingerprint density at radius 2 is 1.61 bits per heavy atom. The molecule has 5 rings (SSSR count). The molecule has 4 aromatic rings. The highest BCUT2D eigenvalue weighted by atomic mass is 32.2. The van der Waals surface area contributed by atoms with Gasteiger partial charge in [0, 0.05) is 0 Å². The summed E-state index contributed by atoms with van der Waals surface area (Å²) in [6.45, 7) is 0. The number of rotatable bonds is 8. The number of aromatic nitrogens is 4. The molecule has 5 N–H and O–H groups in total. The fraction of sp³-hybridized carbons (Fsp3) is 0.292. The molecule has 1 aliphatic rings. The number of fused-ring (bicyclic) bond motifs is 1. The number of primary sulfonamides is 1. The Kier molecular flexibility index (Phi) is 6.69. The number of nitrogens with one attached hydrogen (secondary N) is 1. The van der Waals surface area contributed by atoms with Gasteiger partial charge in [0.15, 0.2) is 23.2 Å². The van der Waals surface area contributed by atoms with Gasteiger partial charge in [0.1, 0.15) is 18.5 Å². The van der Waals surface area contributed by atoms with Crippen LogP contribution in [-0.2, 0) is 14.8 Å². The second-order valence-corrected chi connectivity index (χ2v) is 10.4. The average molecular weight is 511 g/mol. The van der Waals surface area contributed by atoms with Gasteiger partial charge in [0.2, 0.25) is 10.0 Å². The van der Waals surface area contributed by atoms with Gasteiger partial charge < -0.3 is 20.3 Å². The van der Waals surface area contributed by atoms with Crippen LogP contribution in [0.25, 0.3) is 11.2 Å². The van der Waals surface area contributed by atoms with Gasteiger partial charge in [-0.3, -0.25) is 4.57 Å². The van der Waals surface area contributed by atoms with Crippen LogP contribution in [0.2, 0.25) is 0 Å². The SMILES string of the molecule is NS(=O)(=O)CCC1O[C@@H](n2cnc3c(NC(c4ccccc4)c4ccccc4)ncnc32)[C@H](O)[C@H]1O. The summed E-state index contributed by atoms with van der Waals surface area (Å²) in [6.07, 6.45) is -1.77. The fourth-order valence-electron chi connectivity index (χ4n) is 4.41. The van der Waals surface area contributed by atoms with Crippen LogP contribution in [0.1, 0.15) is 29.8 Å². The van der Waals surface area contributed by atoms with Crippen LogP contribution in [0.3, 0.4) is 0 Å². The predicted octanol–water partition coefficient (Wildman–Crippen LogP) is 1.33. The van der Waals surface area contributed by atoms with Gasteiger partial charge in [0.05, 0.1) is 24.2 Å². The first kappa shape index (κ1) is 24.3. The summed E-state index contributed by atoms with van der Waals surface area (Å²) in [5.74, 6) is 0.102. The molecule has 0 saturated carbocycles. The van der Waals surface area contributed by atoms with Crippen molar-refractivity contribution in [1.82, 2.24) is 19.5 Å². The molecule has 11 nitrogen and oxygen atoms in total. The normalized spacial score (nSPS) is 22.3. The number of nitrogens with two attached hydrogens (primary N) is 1. The molecule has 12 heteroatoms. The molecule has 0 aliphatic carbocycles. The van der Waals surface area contributed by atoms with Gasteiger partial charge in [-0.05, 0) is 17.5 Å². The number of hydrogen-bond donors (Lipinski definition) is 4. The number of ether oxygens (including phenoxy) is 1. The van der Waals surface area contributed by atoms with Gasteiger partial charge in [-0.25, -0.2) is 28.5 Å². The first-order valence-corrected chi connectivity index (χ1v) is 13.1. The molecule has 36 heavy (non-hydrogen) atoms. The smallest absolute Gasteiger partial charge is 0.209 e. The van der Waals surface area contributed by atoms with Crippen molar-refractivity contribution in [3.05, 3.63) is 84.4 Å². The zero-order chi connectivity index (χ0) is 25.3. The molecule has 1 unspecified atom stereocenters. The Hall–Kier alpha value is -3.42. The highest BCUT2D eigenvalue weighted by Gasteiger charge is 2.44. The number of anilines is 1. The Morgan fingerprint density at radius 1 is 0.972 bits per heavy atom. The van der Waals surface area contributed by atoms with Crippen LogP contribution in [0.5, 0.6) is 0 Å². The quantitative estimate of drug-likeness (QED) is 0.273. The third kappa shape index (κ3) is 4.94. The van der Waals surface area contributed by atoms with E-state index in [9.17, 15) is 18.6 Å². The van der Waals surface area contributed by atoms with E-state index in [1.807, 2.05) is 60.7 Å². The number of sulfonamides is 1. The van der Waals surface area contributed by atoms with Crippen molar-refractivity contribution in [2.45, 2.75) is 37.0 Å². The van der Waals surface area contributed by atoms with E-state index in [0.717, 1.165) is 11.1 Å². The lowest BCUT2D eigenvalue weighted by molar-refractivity contribution is -0.0353. The second-order valence-electron chi connectivity index (χ2n) is 8.65. The maximum absolute atomic E-state index is 11.3. The highest BCUT2D eigenvalue weighted by molar-refractivity contribution is 7.89. The largest absolute Gasteiger partial charge is 0.388 e. The van der Waals surface area contributed by atoms with E-state index in [4.69, 9.17) is 9.88 Å². The van der Waals surface area contributed by atoms with Crippen LogP contribution < -0.4 is 10.5 Å². The molecule has 1 saturated heterocycles. The van der Waals surface area contributed by atoms with Crippen LogP contribution in [0.4, 0.5) is 5.82 Å². The van der Waals surface area contributed by atoms with E-state index < -0.39 is 34.6 Å². The number of benzene rings is 2. The molecule has 2 aromatic carbocycles. The molecule has 3 heterocycles. The first-order chi connectivity index (χ1) is 17.3. The van der Waals surface area contributed by atoms with Gasteiger partial charge in [-0.2, -0.15) is 0 Å². The zero-order valence-corrected chi connectivity index (χ0v) is 19.9. The third-order valence-electron chi connectivity index (χ3n) is 6.20. The maximum Gasteiger partial charge on any atom is 0.209 e. The van der Waals surface area contributed by atoms with Crippen LogP contribution in [0, 0.1) is 0 Å². The summed E-state index contributed by atoms with van der Waals surface area (Å²) in [4.78, 5) is 13.2. The summed E-state index contributed by atoms with van der Waals surface area (Å²) in [5.41, 5.74) is 2.90. The Bertz CT molecular complexity index is 1390. The molecule has 2 aromatic heterocycles. The molecule has 0 radical (unpaired) electrons. The van der Waals surface area contributed by atoms with Crippen LogP contribution in [0.15, 0.2) is 73.3 Å². The van der Waals surface area contributed by atoms with Gasteiger partial charge in [-0.15, -0.1) is 0 Å². The maximum atomic E-state index is 11.3. The van der Waals surface area contributed by atoms with E-state index >= 15 is 0 Å². The van der Waals surface area contributed by atoms with Gasteiger partial charge in [0.25, 0.3) is 0 Å². The third-order valence-corrected chi connectivity index (χ3v) is 7.01. The first-order valence-electron chi connectivity index (χ1n) is 11.4. The number of nitrogens with zero attached hydrogens (tertiary/aromatic N) is 4. The lowest BCUT2D eigenvalue weighted by Crippen LogP contribution is -2.33. The highest BCUT2D eigenvalue weighted by Crippen LogP contribution is 2.34. The summed E-state index contributed by atoms with van der Waals surface area (Å²) in [6, 6.07) is 19.6. The topological polar surface area (TPSA) is 165 Å². The lowest BCUT2D eigenvalue weighted by Gasteiger charge is -2.21. The molecule has 0 bridgehead atoms. The van der Waals surface area contributed by atoms with Gasteiger partial charge >= 0.3 is 0 Å². The lowest BCUT2D eigenvalue weighted by atomic mass is 9.99. The summed E-state index contributed by atoms with van der Waals surface area (Å²) >= 11 is 0. The standard InChI is InChI=1S/C24H26N6O5S/c25-36(33,34)12-11-17-20(31)21(32)24(35-17)30-14-28-19-22(26-13-27-23(19)30)29-18(15-7-3-1-4-8-15)16-9-5-2-6-10-16/h1-10,13-14,17-18,20-21,24,31-32H,11-12H2,(H2,25,33,34)(H,26,27,29)/t17?,20-,21+,24+/m0/s1. The number of imidazole rings is 1. The molecule has 1 aliphatic heterocycles. The Labute approximate surface area is 207 Å². The van der Waals surface area contributed by atoms with E-state index in [1.54, 1.807) is 0 Å². The van der Waals surface area contributed by atoms with Crippen molar-refractivity contribution < 1.29 is 23.4 Å². The fourth-order valence-corrected chi connectivity index (χ4v) is 4.97. The van der Waals surface area contributed by atoms with E-state index in [0.29, 0.717) is 17.0 Å². The summed E-state index contributed by atoms with van der Waals surface area (Å²) < 4.78 is 30.0. The average Bonchev–Trinajstić information content (AvgIpc) is 3.43. The van der Waals surface area contributed by atoms with E-state index in [1.165, 1.54) is 17.2 Å². The molecule has 1 fully saturated rings. The Morgan fingerprint density at radius 3 is 2.22 bits per heavy atom. The number of aliphatic hydroxyl groups excluding tert-OH is 2. The predicted molar refractivity (Wildman–Crippen MR) is 132 cm³/mol. The van der Waals surface area contributed by atoms with Crippen molar-refractivity contribution in [3.63, 3.8) is 0 Å². The van der Waals surface area contributed by atoms with Crippen LogP contribution in [-0.4, -0.2) is 62.2 Å².